The zero-order valence-corrected chi connectivity index (χ0v) is 33.8. The average molecular weight is 780 g/mol. The molecule has 11 rings (SSSR count). The number of rotatable bonds is 8. The average Bonchev–Trinajstić information content (AvgIpc) is 3.71. The van der Waals surface area contributed by atoms with Crippen molar-refractivity contribution in [3.05, 3.63) is 236 Å². The third-order valence-corrected chi connectivity index (χ3v) is 12.0. The quantitative estimate of drug-likeness (QED) is 0.153. The molecule has 1 aromatic heterocycles. The predicted octanol–water partition coefficient (Wildman–Crippen LogP) is 16.9. The number of hydrogen-bond acceptors (Lipinski definition) is 2. The molecule has 0 atom stereocenters. The molecule has 0 bridgehead atoms. The van der Waals surface area contributed by atoms with Gasteiger partial charge in [0.15, 0.2) is 0 Å². The lowest BCUT2D eigenvalue weighted by atomic mass is 9.91. The first-order chi connectivity index (χ1) is 30.1. The summed E-state index contributed by atoms with van der Waals surface area (Å²) in [5, 5.41) is 4.75. The summed E-state index contributed by atoms with van der Waals surface area (Å²) in [7, 11) is 0. The molecule has 0 radical (unpaired) electrons. The number of nitrogens with zero attached hydrogens (tertiary/aromatic N) is 1. The number of aryl methyl sites for hydroxylation is 1. The first-order valence-electron chi connectivity index (χ1n) is 20.9. The predicted molar refractivity (Wildman–Crippen MR) is 258 cm³/mol. The normalized spacial score (nSPS) is 11.4. The molecule has 0 fully saturated rings. The van der Waals surface area contributed by atoms with E-state index in [1.165, 1.54) is 71.8 Å². The molecule has 11 aromatic rings. The Kier molecular flexibility index (Phi) is 9.09. The summed E-state index contributed by atoms with van der Waals surface area (Å²) in [6, 6.07) is 83.0. The number of furan rings is 1. The summed E-state index contributed by atoms with van der Waals surface area (Å²) < 4.78 is 6.51. The zero-order valence-electron chi connectivity index (χ0n) is 33.8. The Labute approximate surface area is 356 Å². The van der Waals surface area contributed by atoms with E-state index in [1.807, 2.05) is 0 Å². The lowest BCUT2D eigenvalue weighted by molar-refractivity contribution is 0.669. The van der Waals surface area contributed by atoms with Crippen molar-refractivity contribution in [2.75, 3.05) is 4.90 Å². The van der Waals surface area contributed by atoms with Crippen LogP contribution in [-0.2, 0) is 0 Å². The second-order valence-electron chi connectivity index (χ2n) is 15.8. The van der Waals surface area contributed by atoms with Gasteiger partial charge in [0.1, 0.15) is 11.2 Å². The Morgan fingerprint density at radius 1 is 0.311 bits per heavy atom. The van der Waals surface area contributed by atoms with Crippen LogP contribution in [0.4, 0.5) is 17.1 Å². The van der Waals surface area contributed by atoms with Crippen LogP contribution in [0.1, 0.15) is 5.56 Å². The third-order valence-electron chi connectivity index (χ3n) is 12.0. The van der Waals surface area contributed by atoms with Gasteiger partial charge in [0.05, 0.1) is 0 Å². The van der Waals surface area contributed by atoms with Gasteiger partial charge in [-0.05, 0) is 140 Å². The molecule has 1 heterocycles. The third kappa shape index (κ3) is 6.75. The van der Waals surface area contributed by atoms with Gasteiger partial charge in [-0.2, -0.15) is 0 Å². The fraction of sp³-hybridized carbons (Fsp3) is 0.0169. The highest BCUT2D eigenvalue weighted by molar-refractivity contribution is 6.08. The van der Waals surface area contributed by atoms with Crippen molar-refractivity contribution in [1.29, 1.82) is 0 Å². The molecule has 0 unspecified atom stereocenters. The van der Waals surface area contributed by atoms with Crippen molar-refractivity contribution < 1.29 is 4.42 Å². The van der Waals surface area contributed by atoms with E-state index < -0.39 is 0 Å². The highest BCUT2D eigenvalue weighted by Gasteiger charge is 2.19. The molecule has 0 spiro atoms. The first-order valence-corrected chi connectivity index (χ1v) is 20.9. The maximum atomic E-state index is 6.51. The number of hydrogen-bond donors (Lipinski definition) is 0. The number of anilines is 3. The van der Waals surface area contributed by atoms with Crippen LogP contribution in [0.3, 0.4) is 0 Å². The summed E-state index contributed by atoms with van der Waals surface area (Å²) >= 11 is 0. The van der Waals surface area contributed by atoms with Crippen LogP contribution >= 0.6 is 0 Å². The minimum Gasteiger partial charge on any atom is -0.456 e. The highest BCUT2D eigenvalue weighted by atomic mass is 16.3. The molecule has 0 aliphatic heterocycles. The second kappa shape index (κ2) is 15.3. The minimum absolute atomic E-state index is 0.870. The Morgan fingerprint density at radius 3 is 1.38 bits per heavy atom. The summed E-state index contributed by atoms with van der Waals surface area (Å²) in [6.07, 6.45) is 0. The molecule has 0 aliphatic carbocycles. The van der Waals surface area contributed by atoms with Crippen LogP contribution in [-0.4, -0.2) is 0 Å². The van der Waals surface area contributed by atoms with Gasteiger partial charge in [-0.3, -0.25) is 0 Å². The molecule has 0 N–H and O–H groups in total. The zero-order chi connectivity index (χ0) is 40.7. The molecule has 0 saturated carbocycles. The van der Waals surface area contributed by atoms with Gasteiger partial charge in [-0.1, -0.05) is 164 Å². The number of fused-ring (bicyclic) bond motifs is 4. The lowest BCUT2D eigenvalue weighted by Gasteiger charge is -2.26. The number of benzene rings is 10. The van der Waals surface area contributed by atoms with Gasteiger partial charge in [-0.25, -0.2) is 0 Å². The van der Waals surface area contributed by atoms with Crippen molar-refractivity contribution >= 4 is 49.8 Å². The van der Waals surface area contributed by atoms with Crippen molar-refractivity contribution in [2.24, 2.45) is 0 Å². The summed E-state index contributed by atoms with van der Waals surface area (Å²) in [5.41, 5.74) is 18.1. The summed E-state index contributed by atoms with van der Waals surface area (Å²) in [6.45, 7) is 2.15. The maximum absolute atomic E-state index is 6.51. The molecule has 288 valence electrons. The van der Waals surface area contributed by atoms with Crippen molar-refractivity contribution in [2.45, 2.75) is 6.92 Å². The molecular weight excluding hydrogens is 739 g/mol. The van der Waals surface area contributed by atoms with Gasteiger partial charge in [0.2, 0.25) is 0 Å². The maximum Gasteiger partial charge on any atom is 0.137 e. The van der Waals surface area contributed by atoms with Crippen LogP contribution in [0.2, 0.25) is 0 Å². The fourth-order valence-electron chi connectivity index (χ4n) is 8.96. The Balaban J connectivity index is 1.03. The van der Waals surface area contributed by atoms with E-state index >= 15 is 0 Å². The van der Waals surface area contributed by atoms with E-state index in [0.717, 1.165) is 39.2 Å². The summed E-state index contributed by atoms with van der Waals surface area (Å²) in [5.74, 6) is 0. The smallest absolute Gasteiger partial charge is 0.137 e. The van der Waals surface area contributed by atoms with Crippen LogP contribution in [0.15, 0.2) is 235 Å². The largest absolute Gasteiger partial charge is 0.456 e. The van der Waals surface area contributed by atoms with Crippen LogP contribution in [0.25, 0.3) is 88.3 Å². The Hall–Kier alpha value is -7.94. The van der Waals surface area contributed by atoms with Crippen molar-refractivity contribution in [3.8, 4) is 55.6 Å². The highest BCUT2D eigenvalue weighted by Crippen LogP contribution is 2.43. The SMILES string of the molecule is Cc1cccc2oc3cc(N(c4ccc(-c5ccc(-c6ccccc6)cc5-c5ccccc5)cc4)c4ccc(-c5cc6ccccc6cc5-c5ccccc5)cc4)ccc3c12. The van der Waals surface area contributed by atoms with Crippen molar-refractivity contribution in [1.82, 2.24) is 0 Å². The van der Waals surface area contributed by atoms with Gasteiger partial charge >= 0.3 is 0 Å². The van der Waals surface area contributed by atoms with E-state index in [2.05, 4.69) is 242 Å². The van der Waals surface area contributed by atoms with Gasteiger partial charge in [0.25, 0.3) is 0 Å². The van der Waals surface area contributed by atoms with Gasteiger partial charge < -0.3 is 9.32 Å². The molecule has 61 heavy (non-hydrogen) atoms. The van der Waals surface area contributed by atoms with Gasteiger partial charge in [-0.15, -0.1) is 0 Å². The van der Waals surface area contributed by atoms with Crippen LogP contribution in [0, 0.1) is 6.92 Å². The molecule has 2 heteroatoms. The van der Waals surface area contributed by atoms with E-state index in [1.54, 1.807) is 0 Å². The van der Waals surface area contributed by atoms with E-state index in [-0.39, 0.29) is 0 Å². The lowest BCUT2D eigenvalue weighted by Crippen LogP contribution is -2.09. The van der Waals surface area contributed by atoms with Crippen molar-refractivity contribution in [3.63, 3.8) is 0 Å². The van der Waals surface area contributed by atoms with Crippen LogP contribution < -0.4 is 4.90 Å². The van der Waals surface area contributed by atoms with E-state index in [9.17, 15) is 0 Å². The second-order valence-corrected chi connectivity index (χ2v) is 15.8. The topological polar surface area (TPSA) is 16.4 Å². The van der Waals surface area contributed by atoms with Crippen LogP contribution in [0.5, 0.6) is 0 Å². The Morgan fingerprint density at radius 2 is 0.787 bits per heavy atom. The molecule has 0 amide bonds. The molecule has 0 aliphatic rings. The molecule has 2 nitrogen and oxygen atoms in total. The molecule has 10 aromatic carbocycles. The first kappa shape index (κ1) is 36.2. The standard InChI is InChI=1S/C59H41NO/c1-40-14-13-23-57-59(40)53-35-33-51(39-58(53)61-57)60(50-31-26-45(27-32-50)56-37-47-22-12-11-21-46(47)36-55(56)43-19-9-4-10-20-43)49-29-24-44(25-30-49)52-34-28-48(41-15-5-2-6-16-41)38-54(52)42-17-7-3-8-18-42/h2-39H,1H3. The molecule has 0 saturated heterocycles. The van der Waals surface area contributed by atoms with Gasteiger partial charge in [0, 0.05) is 33.9 Å². The van der Waals surface area contributed by atoms with E-state index in [0.29, 0.717) is 0 Å². The molecular formula is C59H41NO. The van der Waals surface area contributed by atoms with E-state index in [4.69, 9.17) is 4.42 Å². The summed E-state index contributed by atoms with van der Waals surface area (Å²) in [4.78, 5) is 2.34. The minimum atomic E-state index is 0.870. The fourth-order valence-corrected chi connectivity index (χ4v) is 8.96. The monoisotopic (exact) mass is 779 g/mol. The Bertz CT molecular complexity index is 3330.